The van der Waals surface area contributed by atoms with Gasteiger partial charge in [0.1, 0.15) is 11.6 Å². The number of benzene rings is 2. The van der Waals surface area contributed by atoms with Crippen molar-refractivity contribution in [3.63, 3.8) is 0 Å². The Morgan fingerprint density at radius 3 is 2.21 bits per heavy atom. The van der Waals surface area contributed by atoms with E-state index in [2.05, 4.69) is 6.07 Å². The molecule has 4 rings (SSSR count). The molecule has 2 N–H and O–H groups in total. The van der Waals surface area contributed by atoms with Crippen molar-refractivity contribution in [1.82, 2.24) is 4.90 Å². The zero-order valence-electron chi connectivity index (χ0n) is 15.4. The van der Waals surface area contributed by atoms with Crippen LogP contribution in [0.15, 0.2) is 71.2 Å². The standard InChI is InChI=1S/C22H17N3O3/c1-25-19-18(20(26)14-5-3-4-6-15(14)21(19)27)17(16(11-23)22(25)24)12-7-9-13(28-2)10-8-12/h3-10,17H,24H2,1-2H3. The number of methoxy groups -OCH3 is 1. The van der Waals surface area contributed by atoms with Gasteiger partial charge in [-0.2, -0.15) is 5.26 Å². The van der Waals surface area contributed by atoms with Gasteiger partial charge in [-0.05, 0) is 17.7 Å². The first-order valence-corrected chi connectivity index (χ1v) is 8.69. The van der Waals surface area contributed by atoms with Crippen LogP contribution in [-0.2, 0) is 0 Å². The lowest BCUT2D eigenvalue weighted by molar-refractivity contribution is 0.0945. The van der Waals surface area contributed by atoms with Crippen molar-refractivity contribution < 1.29 is 14.3 Å². The van der Waals surface area contributed by atoms with Gasteiger partial charge in [0.25, 0.3) is 0 Å². The maximum Gasteiger partial charge on any atom is 0.210 e. The maximum atomic E-state index is 13.4. The van der Waals surface area contributed by atoms with Crippen LogP contribution >= 0.6 is 0 Å². The van der Waals surface area contributed by atoms with Crippen LogP contribution < -0.4 is 10.5 Å². The maximum absolute atomic E-state index is 13.4. The Hall–Kier alpha value is -3.85. The molecule has 0 saturated heterocycles. The molecule has 6 heteroatoms. The van der Waals surface area contributed by atoms with E-state index in [0.29, 0.717) is 22.4 Å². The number of nitriles is 1. The lowest BCUT2D eigenvalue weighted by Crippen LogP contribution is -2.40. The SMILES string of the molecule is COc1ccc(C2C(C#N)=C(N)N(C)C3=C2C(=O)c2ccccc2C3=O)cc1. The van der Waals surface area contributed by atoms with Gasteiger partial charge in [-0.15, -0.1) is 0 Å². The van der Waals surface area contributed by atoms with Gasteiger partial charge in [-0.25, -0.2) is 0 Å². The number of nitrogens with zero attached hydrogens (tertiary/aromatic N) is 2. The summed E-state index contributed by atoms with van der Waals surface area (Å²) >= 11 is 0. The van der Waals surface area contributed by atoms with E-state index in [0.717, 1.165) is 0 Å². The van der Waals surface area contributed by atoms with Crippen LogP contribution in [0.3, 0.4) is 0 Å². The van der Waals surface area contributed by atoms with Crippen molar-refractivity contribution in [3.8, 4) is 11.8 Å². The third kappa shape index (κ3) is 2.33. The van der Waals surface area contributed by atoms with Crippen LogP contribution in [0.5, 0.6) is 5.75 Å². The van der Waals surface area contributed by atoms with Gasteiger partial charge >= 0.3 is 0 Å². The Balaban J connectivity index is 1.98. The minimum Gasteiger partial charge on any atom is -0.497 e. The van der Waals surface area contributed by atoms with E-state index in [-0.39, 0.29) is 34.2 Å². The van der Waals surface area contributed by atoms with E-state index in [1.165, 1.54) is 4.90 Å². The number of hydrogen-bond acceptors (Lipinski definition) is 6. The summed E-state index contributed by atoms with van der Waals surface area (Å²) in [7, 11) is 3.16. The lowest BCUT2D eigenvalue weighted by atomic mass is 9.73. The molecular formula is C22H17N3O3. The molecule has 1 heterocycles. The fraction of sp³-hybridized carbons (Fsp3) is 0.136. The second kappa shape index (κ2) is 6.39. The number of carbonyl (C=O) groups excluding carboxylic acids is 2. The summed E-state index contributed by atoms with van der Waals surface area (Å²) in [6, 6.07) is 15.9. The fourth-order valence-corrected chi connectivity index (χ4v) is 3.83. The van der Waals surface area contributed by atoms with Crippen LogP contribution in [0.4, 0.5) is 0 Å². The molecule has 1 atom stereocenters. The zero-order chi connectivity index (χ0) is 20.0. The van der Waals surface area contributed by atoms with Crippen molar-refractivity contribution in [2.24, 2.45) is 5.73 Å². The summed E-state index contributed by atoms with van der Waals surface area (Å²) < 4.78 is 5.20. The largest absolute Gasteiger partial charge is 0.497 e. The highest BCUT2D eigenvalue weighted by Crippen LogP contribution is 2.44. The first-order valence-electron chi connectivity index (χ1n) is 8.69. The minimum atomic E-state index is -0.716. The van der Waals surface area contributed by atoms with Crippen molar-refractivity contribution in [2.75, 3.05) is 14.2 Å². The molecule has 0 saturated carbocycles. The summed E-state index contributed by atoms with van der Waals surface area (Å²) in [5, 5.41) is 9.79. The molecule has 2 aromatic rings. The highest BCUT2D eigenvalue weighted by atomic mass is 16.5. The van der Waals surface area contributed by atoms with Crippen molar-refractivity contribution >= 4 is 11.6 Å². The highest BCUT2D eigenvalue weighted by molar-refractivity contribution is 6.27. The second-order valence-electron chi connectivity index (χ2n) is 6.64. The average Bonchev–Trinajstić information content (AvgIpc) is 2.73. The van der Waals surface area contributed by atoms with Gasteiger partial charge < -0.3 is 15.4 Å². The molecule has 1 aliphatic carbocycles. The van der Waals surface area contributed by atoms with Gasteiger partial charge in [0, 0.05) is 23.7 Å². The molecule has 0 bridgehead atoms. The third-order valence-corrected chi connectivity index (χ3v) is 5.25. The minimum absolute atomic E-state index is 0.169. The van der Waals surface area contributed by atoms with Gasteiger partial charge in [0.2, 0.25) is 5.78 Å². The zero-order valence-corrected chi connectivity index (χ0v) is 15.4. The number of ether oxygens (including phenoxy) is 1. The molecular weight excluding hydrogens is 354 g/mol. The number of fused-ring (bicyclic) bond motifs is 1. The number of ketones is 2. The van der Waals surface area contributed by atoms with Crippen LogP contribution in [-0.4, -0.2) is 30.6 Å². The number of likely N-dealkylation sites (N-methyl/N-ethyl adjacent to an activating group) is 1. The molecule has 2 aliphatic rings. The first kappa shape index (κ1) is 17.6. The predicted octanol–water partition coefficient (Wildman–Crippen LogP) is 2.75. The van der Waals surface area contributed by atoms with E-state index in [1.807, 2.05) is 0 Å². The van der Waals surface area contributed by atoms with E-state index in [9.17, 15) is 14.9 Å². The smallest absolute Gasteiger partial charge is 0.210 e. The van der Waals surface area contributed by atoms with Crippen LogP contribution in [0.25, 0.3) is 0 Å². The number of Topliss-reactive ketones (excluding diaryl/α,β-unsaturated/α-hetero) is 2. The van der Waals surface area contributed by atoms with Gasteiger partial charge in [-0.1, -0.05) is 36.4 Å². The number of rotatable bonds is 2. The Morgan fingerprint density at radius 2 is 1.64 bits per heavy atom. The molecule has 0 amide bonds. The molecule has 0 fully saturated rings. The van der Waals surface area contributed by atoms with Crippen molar-refractivity contribution in [3.05, 3.63) is 87.9 Å². The third-order valence-electron chi connectivity index (χ3n) is 5.25. The van der Waals surface area contributed by atoms with E-state index in [1.54, 1.807) is 62.7 Å². The topological polar surface area (TPSA) is 96.4 Å². The summed E-state index contributed by atoms with van der Waals surface area (Å²) in [6.07, 6.45) is 0. The molecule has 0 spiro atoms. The van der Waals surface area contributed by atoms with E-state index in [4.69, 9.17) is 10.5 Å². The molecule has 2 aromatic carbocycles. The number of nitrogens with two attached hydrogens (primary N) is 1. The van der Waals surface area contributed by atoms with Crippen molar-refractivity contribution in [1.29, 1.82) is 5.26 Å². The highest BCUT2D eigenvalue weighted by Gasteiger charge is 2.44. The molecule has 138 valence electrons. The number of allylic oxidation sites excluding steroid dienone is 3. The van der Waals surface area contributed by atoms with E-state index < -0.39 is 5.92 Å². The average molecular weight is 371 g/mol. The molecule has 6 nitrogen and oxygen atoms in total. The molecule has 1 unspecified atom stereocenters. The Bertz CT molecular complexity index is 1120. The monoisotopic (exact) mass is 371 g/mol. The summed E-state index contributed by atoms with van der Waals surface area (Å²) in [5.74, 6) is -0.434. The predicted molar refractivity (Wildman–Crippen MR) is 102 cm³/mol. The summed E-state index contributed by atoms with van der Waals surface area (Å²) in [4.78, 5) is 28.0. The number of carbonyl (C=O) groups is 2. The summed E-state index contributed by atoms with van der Waals surface area (Å²) in [6.45, 7) is 0. The van der Waals surface area contributed by atoms with Crippen LogP contribution in [0.2, 0.25) is 0 Å². The molecule has 1 aliphatic heterocycles. The van der Waals surface area contributed by atoms with Gasteiger partial charge in [-0.3, -0.25) is 9.59 Å². The van der Waals surface area contributed by atoms with Crippen molar-refractivity contribution in [2.45, 2.75) is 5.92 Å². The van der Waals surface area contributed by atoms with E-state index >= 15 is 0 Å². The Kier molecular flexibility index (Phi) is 4.01. The lowest BCUT2D eigenvalue weighted by Gasteiger charge is -2.37. The van der Waals surface area contributed by atoms with Crippen LogP contribution in [0.1, 0.15) is 32.2 Å². The quantitative estimate of drug-likeness (QED) is 0.872. The molecule has 28 heavy (non-hydrogen) atoms. The molecule has 0 aromatic heterocycles. The van der Waals surface area contributed by atoms with Gasteiger partial charge in [0.15, 0.2) is 5.78 Å². The first-order chi connectivity index (χ1) is 13.5. The number of hydrogen-bond donors (Lipinski definition) is 1. The second-order valence-corrected chi connectivity index (χ2v) is 6.64. The summed E-state index contributed by atoms with van der Waals surface area (Å²) in [5.41, 5.74) is 8.34. The Morgan fingerprint density at radius 1 is 1.04 bits per heavy atom. The Labute approximate surface area is 162 Å². The van der Waals surface area contributed by atoms with Crippen LogP contribution in [0, 0.1) is 11.3 Å². The normalized spacial score (nSPS) is 18.6. The van der Waals surface area contributed by atoms with Gasteiger partial charge in [0.05, 0.1) is 30.4 Å². The fourth-order valence-electron chi connectivity index (χ4n) is 3.83. The molecule has 0 radical (unpaired) electrons.